The molecule has 0 unspecified atom stereocenters. The van der Waals surface area contributed by atoms with E-state index in [-0.39, 0.29) is 0 Å². The molecule has 266 valence electrons. The summed E-state index contributed by atoms with van der Waals surface area (Å²) in [7, 11) is 0. The summed E-state index contributed by atoms with van der Waals surface area (Å²) in [4.78, 5) is 7.25. The number of rotatable bonds is 5. The Morgan fingerprint density at radius 2 is 0.982 bits per heavy atom. The standard InChI is InChI=1S/C53H32N2O2/c1-3-12-37(13-4-1)53-54-46-29-26-36-24-22-34-25-27-39(31-44(34)50(36)52(46)57-53)55(38-15-5-2-6-16-38)40-28-30-47-45(32-40)51-43(19-10-20-48(51)56-47)42-18-9-14-35-23-21-33-11-7-8-17-41(33)49(35)42/h1-32H. The fourth-order valence-electron chi connectivity index (χ4n) is 8.84. The second kappa shape index (κ2) is 12.4. The first kappa shape index (κ1) is 31.6. The molecule has 12 aromatic rings. The number of aromatic nitrogens is 1. The SMILES string of the molecule is c1ccc(-c2nc3ccc4ccc5ccc(N(c6ccccc6)c6ccc7oc8cccc(-c9cccc%10ccc%11ccccc%11c9%10)c8c7c6)cc5c4c3o2)cc1. The fourth-order valence-corrected chi connectivity index (χ4v) is 8.84. The Bertz CT molecular complexity index is 3530. The highest BCUT2D eigenvalue weighted by molar-refractivity contribution is 6.21. The van der Waals surface area contributed by atoms with Gasteiger partial charge in [0.1, 0.15) is 16.7 Å². The molecular formula is C53H32N2O2. The van der Waals surface area contributed by atoms with Gasteiger partial charge in [-0.05, 0) is 116 Å². The van der Waals surface area contributed by atoms with E-state index in [1.54, 1.807) is 0 Å². The van der Waals surface area contributed by atoms with E-state index in [0.29, 0.717) is 5.89 Å². The number of benzene rings is 10. The van der Waals surface area contributed by atoms with E-state index in [0.717, 1.165) is 82.8 Å². The van der Waals surface area contributed by atoms with Gasteiger partial charge >= 0.3 is 0 Å². The summed E-state index contributed by atoms with van der Waals surface area (Å²) in [6, 6.07) is 68.6. The van der Waals surface area contributed by atoms with Crippen molar-refractivity contribution in [3.8, 4) is 22.6 Å². The zero-order chi connectivity index (χ0) is 37.5. The van der Waals surface area contributed by atoms with Crippen molar-refractivity contribution in [2.45, 2.75) is 0 Å². The minimum absolute atomic E-state index is 0.619. The molecule has 4 heteroatoms. The maximum atomic E-state index is 6.61. The van der Waals surface area contributed by atoms with Crippen LogP contribution in [0, 0.1) is 0 Å². The van der Waals surface area contributed by atoms with Gasteiger partial charge in [0.25, 0.3) is 0 Å². The summed E-state index contributed by atoms with van der Waals surface area (Å²) >= 11 is 0. The highest BCUT2D eigenvalue weighted by atomic mass is 16.3. The molecule has 0 bridgehead atoms. The lowest BCUT2D eigenvalue weighted by atomic mass is 9.91. The minimum Gasteiger partial charge on any atom is -0.456 e. The number of anilines is 3. The maximum Gasteiger partial charge on any atom is 0.227 e. The molecule has 0 aliphatic rings. The van der Waals surface area contributed by atoms with Crippen molar-refractivity contribution < 1.29 is 8.83 Å². The first-order valence-corrected chi connectivity index (χ1v) is 19.3. The zero-order valence-electron chi connectivity index (χ0n) is 30.7. The predicted octanol–water partition coefficient (Wildman–Crippen LogP) is 15.1. The van der Waals surface area contributed by atoms with Crippen LogP contribution in [0.25, 0.3) is 98.7 Å². The molecule has 0 aliphatic carbocycles. The molecule has 0 fully saturated rings. The molecule has 10 aromatic carbocycles. The van der Waals surface area contributed by atoms with Gasteiger partial charge in [-0.2, -0.15) is 0 Å². The Morgan fingerprint density at radius 1 is 0.368 bits per heavy atom. The lowest BCUT2D eigenvalue weighted by molar-refractivity contribution is 0.623. The van der Waals surface area contributed by atoms with Crippen LogP contribution in [0.4, 0.5) is 17.1 Å². The second-order valence-corrected chi connectivity index (χ2v) is 14.7. The molecule has 0 spiro atoms. The van der Waals surface area contributed by atoms with Gasteiger partial charge < -0.3 is 13.7 Å². The molecule has 0 radical (unpaired) electrons. The lowest BCUT2D eigenvalue weighted by Crippen LogP contribution is -2.09. The van der Waals surface area contributed by atoms with Gasteiger partial charge in [-0.1, -0.05) is 127 Å². The molecular weight excluding hydrogens is 697 g/mol. The van der Waals surface area contributed by atoms with E-state index in [4.69, 9.17) is 13.8 Å². The van der Waals surface area contributed by atoms with Gasteiger partial charge in [0, 0.05) is 38.8 Å². The molecule has 2 heterocycles. The highest BCUT2D eigenvalue weighted by Gasteiger charge is 2.20. The highest BCUT2D eigenvalue weighted by Crippen LogP contribution is 2.45. The van der Waals surface area contributed by atoms with E-state index in [9.17, 15) is 0 Å². The lowest BCUT2D eigenvalue weighted by Gasteiger charge is -2.26. The van der Waals surface area contributed by atoms with Crippen LogP contribution in [0.1, 0.15) is 0 Å². The average Bonchev–Trinajstić information content (AvgIpc) is 3.89. The van der Waals surface area contributed by atoms with E-state index in [2.05, 4.69) is 169 Å². The van der Waals surface area contributed by atoms with Crippen molar-refractivity contribution in [1.82, 2.24) is 4.98 Å². The van der Waals surface area contributed by atoms with Gasteiger partial charge in [0.05, 0.1) is 0 Å². The van der Waals surface area contributed by atoms with E-state index in [1.807, 2.05) is 30.3 Å². The Kier molecular flexibility index (Phi) is 6.89. The molecule has 0 aliphatic heterocycles. The first-order chi connectivity index (χ1) is 28.2. The van der Waals surface area contributed by atoms with E-state index in [1.165, 1.54) is 27.1 Å². The molecule has 0 saturated carbocycles. The smallest absolute Gasteiger partial charge is 0.227 e. The van der Waals surface area contributed by atoms with Crippen LogP contribution >= 0.6 is 0 Å². The summed E-state index contributed by atoms with van der Waals surface area (Å²) < 4.78 is 13.2. The van der Waals surface area contributed by atoms with Crippen LogP contribution in [0.15, 0.2) is 203 Å². The normalized spacial score (nSPS) is 11.9. The van der Waals surface area contributed by atoms with Crippen LogP contribution in [0.5, 0.6) is 0 Å². The number of hydrogen-bond acceptors (Lipinski definition) is 4. The third-order valence-electron chi connectivity index (χ3n) is 11.4. The number of oxazole rings is 1. The quantitative estimate of drug-likeness (QED) is 0.166. The molecule has 0 N–H and O–H groups in total. The van der Waals surface area contributed by atoms with Gasteiger partial charge in [-0.3, -0.25) is 0 Å². The van der Waals surface area contributed by atoms with Crippen molar-refractivity contribution in [2.24, 2.45) is 0 Å². The van der Waals surface area contributed by atoms with Crippen molar-refractivity contribution >= 4 is 93.2 Å². The number of furan rings is 1. The number of nitrogens with zero attached hydrogens (tertiary/aromatic N) is 2. The molecule has 57 heavy (non-hydrogen) atoms. The third-order valence-corrected chi connectivity index (χ3v) is 11.4. The van der Waals surface area contributed by atoms with Crippen LogP contribution in [0.3, 0.4) is 0 Å². The van der Waals surface area contributed by atoms with Crippen LogP contribution in [0.2, 0.25) is 0 Å². The van der Waals surface area contributed by atoms with Gasteiger partial charge in [-0.15, -0.1) is 0 Å². The Balaban J connectivity index is 1.08. The first-order valence-electron chi connectivity index (χ1n) is 19.3. The number of fused-ring (bicyclic) bond motifs is 11. The summed E-state index contributed by atoms with van der Waals surface area (Å²) in [6.45, 7) is 0. The van der Waals surface area contributed by atoms with Crippen molar-refractivity contribution in [2.75, 3.05) is 4.90 Å². The molecule has 0 saturated heterocycles. The topological polar surface area (TPSA) is 42.4 Å². The van der Waals surface area contributed by atoms with E-state index < -0.39 is 0 Å². The maximum absolute atomic E-state index is 6.61. The molecule has 4 nitrogen and oxygen atoms in total. The Morgan fingerprint density at radius 3 is 1.82 bits per heavy atom. The molecule has 0 atom stereocenters. The number of para-hydroxylation sites is 1. The van der Waals surface area contributed by atoms with Crippen LogP contribution in [-0.2, 0) is 0 Å². The van der Waals surface area contributed by atoms with Crippen molar-refractivity contribution in [3.05, 3.63) is 194 Å². The third kappa shape index (κ3) is 4.98. The molecule has 0 amide bonds. The monoisotopic (exact) mass is 728 g/mol. The summed E-state index contributed by atoms with van der Waals surface area (Å²) in [5.41, 5.74) is 9.78. The molecule has 2 aromatic heterocycles. The summed E-state index contributed by atoms with van der Waals surface area (Å²) in [5.74, 6) is 0.619. The largest absolute Gasteiger partial charge is 0.456 e. The van der Waals surface area contributed by atoms with Crippen molar-refractivity contribution in [1.29, 1.82) is 0 Å². The second-order valence-electron chi connectivity index (χ2n) is 14.7. The average molecular weight is 729 g/mol. The van der Waals surface area contributed by atoms with Gasteiger partial charge in [-0.25, -0.2) is 4.98 Å². The van der Waals surface area contributed by atoms with Crippen LogP contribution < -0.4 is 4.90 Å². The Hall–Kier alpha value is -7.69. The zero-order valence-corrected chi connectivity index (χ0v) is 30.7. The fraction of sp³-hybridized carbons (Fsp3) is 0. The van der Waals surface area contributed by atoms with Crippen molar-refractivity contribution in [3.63, 3.8) is 0 Å². The summed E-state index contributed by atoms with van der Waals surface area (Å²) in [6.07, 6.45) is 0. The predicted molar refractivity (Wildman–Crippen MR) is 237 cm³/mol. The van der Waals surface area contributed by atoms with Gasteiger partial charge in [0.2, 0.25) is 5.89 Å². The Labute approximate surface area is 327 Å². The minimum atomic E-state index is 0.619. The summed E-state index contributed by atoms with van der Waals surface area (Å²) in [5, 5.41) is 11.5. The van der Waals surface area contributed by atoms with Gasteiger partial charge in [0.15, 0.2) is 5.58 Å². The number of hydrogen-bond donors (Lipinski definition) is 0. The molecule has 12 rings (SSSR count). The van der Waals surface area contributed by atoms with Crippen LogP contribution in [-0.4, -0.2) is 4.98 Å². The van der Waals surface area contributed by atoms with E-state index >= 15 is 0 Å².